The molecule has 0 saturated heterocycles. The summed E-state index contributed by atoms with van der Waals surface area (Å²) in [5, 5.41) is 9.89. The molecule has 11 heteroatoms. The summed E-state index contributed by atoms with van der Waals surface area (Å²) < 4.78 is 37.6. The van der Waals surface area contributed by atoms with E-state index in [-0.39, 0.29) is 11.0 Å². The smallest absolute Gasteiger partial charge is 0.233 e. The number of hydrogen-bond donors (Lipinski definition) is 2. The molecule has 1 aliphatic carbocycles. The highest BCUT2D eigenvalue weighted by molar-refractivity contribution is 7.79. The molecule has 0 radical (unpaired) electrons. The van der Waals surface area contributed by atoms with Gasteiger partial charge < -0.3 is 9.87 Å². The van der Waals surface area contributed by atoms with Crippen LogP contribution in [-0.2, 0) is 16.6 Å². The Morgan fingerprint density at radius 3 is 2.71 bits per heavy atom. The van der Waals surface area contributed by atoms with E-state index >= 15 is 4.39 Å². The van der Waals surface area contributed by atoms with E-state index < -0.39 is 16.6 Å². The Bertz CT molecular complexity index is 1190. The Hall–Kier alpha value is -2.92. The standard InChI is InChI=1S/C20H22FN7O2S/c1-2-27-16-10-13-11-23-19(24-14-6-7-15(22-12-14)31(29)30)25-17(13)28(16)20(18(21)26-27)8-4-3-5-9-20/h6-7,10-12H,2-5,8-9H2,1H3,(H,29,30)(H,23,24,25). The summed E-state index contributed by atoms with van der Waals surface area (Å²) in [6.07, 6.45) is 7.50. The van der Waals surface area contributed by atoms with Crippen LogP contribution in [0, 0.1) is 0 Å². The van der Waals surface area contributed by atoms with Gasteiger partial charge in [-0.1, -0.05) is 19.3 Å². The van der Waals surface area contributed by atoms with Crippen molar-refractivity contribution >= 4 is 45.5 Å². The van der Waals surface area contributed by atoms with Crippen molar-refractivity contribution in [3.8, 4) is 0 Å². The van der Waals surface area contributed by atoms with Crippen LogP contribution >= 0.6 is 0 Å². The lowest BCUT2D eigenvalue weighted by Crippen LogP contribution is -2.47. The monoisotopic (exact) mass is 443 g/mol. The van der Waals surface area contributed by atoms with Crippen molar-refractivity contribution in [2.45, 2.75) is 49.6 Å². The van der Waals surface area contributed by atoms with Crippen LogP contribution in [-0.4, -0.2) is 40.8 Å². The fourth-order valence-electron chi connectivity index (χ4n) is 4.48. The lowest BCUT2D eigenvalue weighted by Gasteiger charge is -2.42. The van der Waals surface area contributed by atoms with Crippen molar-refractivity contribution in [3.05, 3.63) is 30.6 Å². The molecule has 2 aliphatic rings. The summed E-state index contributed by atoms with van der Waals surface area (Å²) in [5.41, 5.74) is 0.425. The van der Waals surface area contributed by atoms with Gasteiger partial charge in [0.2, 0.25) is 23.0 Å². The number of hydrazone groups is 1. The van der Waals surface area contributed by atoms with Gasteiger partial charge in [0.25, 0.3) is 0 Å². The number of pyridine rings is 1. The Kier molecular flexibility index (Phi) is 4.94. The number of halogens is 1. The van der Waals surface area contributed by atoms with Gasteiger partial charge >= 0.3 is 0 Å². The van der Waals surface area contributed by atoms with Gasteiger partial charge in [-0.3, -0.25) is 4.57 Å². The molecule has 1 fully saturated rings. The first kappa shape index (κ1) is 20.0. The van der Waals surface area contributed by atoms with Gasteiger partial charge in [-0.15, -0.1) is 5.10 Å². The number of hydrogen-bond acceptors (Lipinski definition) is 7. The predicted molar refractivity (Wildman–Crippen MR) is 117 cm³/mol. The van der Waals surface area contributed by atoms with E-state index in [1.54, 1.807) is 17.3 Å². The fraction of sp³-hybridized carbons (Fsp3) is 0.400. The maximum Gasteiger partial charge on any atom is 0.233 e. The zero-order chi connectivity index (χ0) is 21.6. The number of anilines is 3. The molecule has 9 nitrogen and oxygen atoms in total. The molecular formula is C20H22FN7O2S. The van der Waals surface area contributed by atoms with Crippen molar-refractivity contribution in [1.29, 1.82) is 0 Å². The van der Waals surface area contributed by atoms with Gasteiger partial charge in [0.05, 0.1) is 11.9 Å². The minimum atomic E-state index is -2.14. The van der Waals surface area contributed by atoms with Crippen LogP contribution in [0.5, 0.6) is 0 Å². The van der Waals surface area contributed by atoms with Gasteiger partial charge in [0, 0.05) is 18.1 Å². The largest absolute Gasteiger partial charge is 0.323 e. The maximum atomic E-state index is 15.4. The van der Waals surface area contributed by atoms with Gasteiger partial charge in [0.1, 0.15) is 17.0 Å². The molecule has 31 heavy (non-hydrogen) atoms. The highest BCUT2D eigenvalue weighted by Crippen LogP contribution is 2.45. The lowest BCUT2D eigenvalue weighted by molar-refractivity contribution is 0.262. The number of aromatic nitrogens is 4. The molecule has 0 bridgehead atoms. The second-order valence-electron chi connectivity index (χ2n) is 7.77. The van der Waals surface area contributed by atoms with Crippen LogP contribution in [0.4, 0.5) is 21.8 Å². The minimum Gasteiger partial charge on any atom is -0.323 e. The van der Waals surface area contributed by atoms with E-state index in [9.17, 15) is 4.21 Å². The third-order valence-electron chi connectivity index (χ3n) is 5.96. The second-order valence-corrected chi connectivity index (χ2v) is 8.69. The molecule has 0 amide bonds. The van der Waals surface area contributed by atoms with Crippen LogP contribution < -0.4 is 10.3 Å². The SMILES string of the molecule is CCN1N=C(F)C2(CCCCC2)n2c1cc1cnc(Nc3ccc(S(=O)O)nc3)nc12. The minimum absolute atomic E-state index is 0.0660. The van der Waals surface area contributed by atoms with E-state index in [1.807, 2.05) is 17.6 Å². The van der Waals surface area contributed by atoms with Gasteiger partial charge in [-0.25, -0.2) is 19.2 Å². The molecule has 1 unspecified atom stereocenters. The molecule has 1 aliphatic heterocycles. The first-order chi connectivity index (χ1) is 15.0. The van der Waals surface area contributed by atoms with Crippen LogP contribution in [0.1, 0.15) is 39.0 Å². The van der Waals surface area contributed by atoms with Crippen LogP contribution in [0.25, 0.3) is 11.0 Å². The molecule has 1 atom stereocenters. The van der Waals surface area contributed by atoms with Gasteiger partial charge in [-0.05, 0) is 38.0 Å². The third-order valence-corrected chi connectivity index (χ3v) is 6.56. The number of nitrogens with zero attached hydrogens (tertiary/aromatic N) is 6. The topological polar surface area (TPSA) is 109 Å². The van der Waals surface area contributed by atoms with Crippen molar-refractivity contribution in [3.63, 3.8) is 0 Å². The number of rotatable bonds is 4. The van der Waals surface area contributed by atoms with Gasteiger partial charge in [0.15, 0.2) is 5.03 Å². The summed E-state index contributed by atoms with van der Waals surface area (Å²) in [6, 6.07) is 5.05. The van der Waals surface area contributed by atoms with Crippen molar-refractivity contribution < 1.29 is 13.2 Å². The van der Waals surface area contributed by atoms with E-state index in [0.717, 1.165) is 30.5 Å². The zero-order valence-corrected chi connectivity index (χ0v) is 17.8. The fourth-order valence-corrected chi connectivity index (χ4v) is 4.80. The predicted octanol–water partition coefficient (Wildman–Crippen LogP) is 3.93. The van der Waals surface area contributed by atoms with Crippen LogP contribution in [0.15, 0.2) is 40.7 Å². The first-order valence-corrected chi connectivity index (χ1v) is 11.4. The second kappa shape index (κ2) is 7.65. The van der Waals surface area contributed by atoms with Crippen LogP contribution in [0.3, 0.4) is 0 Å². The summed E-state index contributed by atoms with van der Waals surface area (Å²) in [5.74, 6) is 0.803. The first-order valence-electron chi connectivity index (χ1n) is 10.3. The Labute approximate surface area is 180 Å². The molecule has 1 saturated carbocycles. The molecule has 3 aromatic rings. The average Bonchev–Trinajstić information content (AvgIpc) is 3.17. The third kappa shape index (κ3) is 3.28. The van der Waals surface area contributed by atoms with E-state index in [2.05, 4.69) is 20.4 Å². The zero-order valence-electron chi connectivity index (χ0n) is 17.0. The Balaban J connectivity index is 1.59. The number of nitrogens with one attached hydrogen (secondary N) is 1. The summed E-state index contributed by atoms with van der Waals surface area (Å²) in [6.45, 7) is 2.48. The normalized spacial score (nSPS) is 18.7. The Morgan fingerprint density at radius 2 is 2.03 bits per heavy atom. The van der Waals surface area contributed by atoms with Crippen molar-refractivity contribution in [2.24, 2.45) is 5.10 Å². The molecule has 4 heterocycles. The highest BCUT2D eigenvalue weighted by atomic mass is 32.2. The van der Waals surface area contributed by atoms with Crippen molar-refractivity contribution in [2.75, 3.05) is 16.9 Å². The molecule has 1 spiro atoms. The lowest BCUT2D eigenvalue weighted by atomic mass is 9.81. The summed E-state index contributed by atoms with van der Waals surface area (Å²) >= 11 is -2.14. The molecular weight excluding hydrogens is 421 g/mol. The summed E-state index contributed by atoms with van der Waals surface area (Å²) in [7, 11) is 0. The maximum absolute atomic E-state index is 15.4. The Morgan fingerprint density at radius 1 is 1.23 bits per heavy atom. The van der Waals surface area contributed by atoms with Crippen molar-refractivity contribution in [1.82, 2.24) is 19.5 Å². The van der Waals surface area contributed by atoms with Gasteiger partial charge in [-0.2, -0.15) is 9.37 Å². The molecule has 2 N–H and O–H groups in total. The molecule has 162 valence electrons. The quantitative estimate of drug-likeness (QED) is 0.588. The summed E-state index contributed by atoms with van der Waals surface area (Å²) in [4.78, 5) is 13.0. The number of fused-ring (bicyclic) bond motifs is 4. The average molecular weight is 444 g/mol. The van der Waals surface area contributed by atoms with E-state index in [1.165, 1.54) is 12.3 Å². The van der Waals surface area contributed by atoms with Crippen LogP contribution in [0.2, 0.25) is 0 Å². The van der Waals surface area contributed by atoms with E-state index in [4.69, 9.17) is 9.54 Å². The molecule has 3 aromatic heterocycles. The molecule has 0 aromatic carbocycles. The molecule has 5 rings (SSSR count). The highest BCUT2D eigenvalue weighted by Gasteiger charge is 2.46. The van der Waals surface area contributed by atoms with E-state index in [0.29, 0.717) is 36.7 Å².